The van der Waals surface area contributed by atoms with E-state index in [1.165, 1.54) is 0 Å². The van der Waals surface area contributed by atoms with Crippen LogP contribution in [0.3, 0.4) is 0 Å². The van der Waals surface area contributed by atoms with E-state index in [-0.39, 0.29) is 18.6 Å². The van der Waals surface area contributed by atoms with Gasteiger partial charge in [-0.3, -0.25) is 4.79 Å². The van der Waals surface area contributed by atoms with E-state index in [1.807, 2.05) is 51.1 Å². The van der Waals surface area contributed by atoms with Crippen LogP contribution in [-0.4, -0.2) is 85.5 Å². The van der Waals surface area contributed by atoms with Crippen LogP contribution in [0, 0.1) is 17.8 Å². The number of nitrogens with one attached hydrogen (secondary N) is 2. The molecule has 0 spiro atoms. The average Bonchev–Trinajstić information content (AvgIpc) is 2.97. The van der Waals surface area contributed by atoms with E-state index in [4.69, 9.17) is 14.8 Å². The van der Waals surface area contributed by atoms with Crippen LogP contribution < -0.4 is 15.5 Å². The third-order valence-corrected chi connectivity index (χ3v) is 8.74. The van der Waals surface area contributed by atoms with Gasteiger partial charge in [-0.05, 0) is 109 Å². The molecule has 42 heavy (non-hydrogen) atoms. The molecule has 232 valence electrons. The maximum absolute atomic E-state index is 13.5. The number of aliphatic hydroxyl groups is 1. The number of benzene rings is 1. The SMILES string of the molecule is CN(CCO)CCC1CCN(c2cc(C(=O)NCC3CCC(CNC(=O)OC(C)(C)C)CC3)c3ccccc3n2)CC1. The van der Waals surface area contributed by atoms with Gasteiger partial charge in [0.05, 0.1) is 17.7 Å². The molecule has 1 aliphatic carbocycles. The number of aromatic nitrogens is 1. The minimum atomic E-state index is -0.490. The fourth-order valence-electron chi connectivity index (χ4n) is 6.16. The molecular weight excluding hydrogens is 530 g/mol. The lowest BCUT2D eigenvalue weighted by Crippen LogP contribution is -2.37. The number of rotatable bonds is 11. The first kappa shape index (κ1) is 32.0. The van der Waals surface area contributed by atoms with Crippen molar-refractivity contribution in [2.24, 2.45) is 17.8 Å². The molecule has 2 amide bonds. The number of aliphatic hydroxyl groups excluding tert-OH is 1. The van der Waals surface area contributed by atoms with E-state index in [0.717, 1.165) is 87.8 Å². The van der Waals surface area contributed by atoms with Crippen LogP contribution in [0.4, 0.5) is 10.6 Å². The number of likely N-dealkylation sites (N-methyl/N-ethyl adjacent to an activating group) is 1. The number of carbonyl (C=O) groups excluding carboxylic acids is 2. The molecule has 0 unspecified atom stereocenters. The summed E-state index contributed by atoms with van der Waals surface area (Å²) in [5.74, 6) is 2.41. The Morgan fingerprint density at radius 2 is 1.62 bits per heavy atom. The molecule has 2 heterocycles. The second kappa shape index (κ2) is 15.0. The third kappa shape index (κ3) is 9.56. The van der Waals surface area contributed by atoms with E-state index in [9.17, 15) is 9.59 Å². The van der Waals surface area contributed by atoms with Crippen molar-refractivity contribution >= 4 is 28.7 Å². The molecule has 0 bridgehead atoms. The monoisotopic (exact) mass is 581 g/mol. The molecule has 4 rings (SSSR count). The first-order chi connectivity index (χ1) is 20.1. The number of piperidine rings is 1. The lowest BCUT2D eigenvalue weighted by Gasteiger charge is -2.34. The Labute approximate surface area is 251 Å². The summed E-state index contributed by atoms with van der Waals surface area (Å²) < 4.78 is 5.35. The molecule has 9 heteroatoms. The van der Waals surface area contributed by atoms with Gasteiger partial charge in [0.1, 0.15) is 11.4 Å². The molecule has 1 saturated carbocycles. The molecule has 3 N–H and O–H groups in total. The molecular formula is C33H51N5O4. The topological polar surface area (TPSA) is 107 Å². The van der Waals surface area contributed by atoms with Crippen LogP contribution in [0.1, 0.15) is 76.1 Å². The zero-order valence-corrected chi connectivity index (χ0v) is 26.0. The van der Waals surface area contributed by atoms with Gasteiger partial charge in [-0.1, -0.05) is 18.2 Å². The number of hydrogen-bond acceptors (Lipinski definition) is 7. The Balaban J connectivity index is 1.29. The van der Waals surface area contributed by atoms with Crippen molar-refractivity contribution in [3.8, 4) is 0 Å². The van der Waals surface area contributed by atoms with Crippen molar-refractivity contribution < 1.29 is 19.4 Å². The van der Waals surface area contributed by atoms with Crippen LogP contribution in [0.2, 0.25) is 0 Å². The normalized spacial score (nSPS) is 20.1. The Morgan fingerprint density at radius 3 is 2.26 bits per heavy atom. The van der Waals surface area contributed by atoms with Gasteiger partial charge < -0.3 is 30.3 Å². The molecule has 1 aromatic carbocycles. The predicted molar refractivity (Wildman–Crippen MR) is 168 cm³/mol. The maximum atomic E-state index is 13.5. The number of carbonyl (C=O) groups is 2. The lowest BCUT2D eigenvalue weighted by molar-refractivity contribution is 0.0512. The summed E-state index contributed by atoms with van der Waals surface area (Å²) in [6.45, 7) is 10.7. The number of fused-ring (bicyclic) bond motifs is 1. The van der Waals surface area contributed by atoms with E-state index < -0.39 is 5.60 Å². The summed E-state index contributed by atoms with van der Waals surface area (Å²) in [5, 5.41) is 16.2. The number of para-hydroxylation sites is 1. The highest BCUT2D eigenvalue weighted by Gasteiger charge is 2.25. The molecule has 2 aliphatic rings. The van der Waals surface area contributed by atoms with Crippen molar-refractivity contribution in [3.63, 3.8) is 0 Å². The molecule has 9 nitrogen and oxygen atoms in total. The van der Waals surface area contributed by atoms with Gasteiger partial charge in [0.25, 0.3) is 5.91 Å². The highest BCUT2D eigenvalue weighted by atomic mass is 16.6. The lowest BCUT2D eigenvalue weighted by atomic mass is 9.82. The molecule has 1 aromatic heterocycles. The predicted octanol–water partition coefficient (Wildman–Crippen LogP) is 4.83. The zero-order chi connectivity index (χ0) is 30.1. The Morgan fingerprint density at radius 1 is 0.976 bits per heavy atom. The van der Waals surface area contributed by atoms with Gasteiger partial charge in [0.2, 0.25) is 0 Å². The number of anilines is 1. The largest absolute Gasteiger partial charge is 0.444 e. The van der Waals surface area contributed by atoms with E-state index >= 15 is 0 Å². The van der Waals surface area contributed by atoms with Gasteiger partial charge in [-0.15, -0.1) is 0 Å². The van der Waals surface area contributed by atoms with Gasteiger partial charge in [0, 0.05) is 38.1 Å². The van der Waals surface area contributed by atoms with Gasteiger partial charge in [-0.2, -0.15) is 0 Å². The highest BCUT2D eigenvalue weighted by molar-refractivity contribution is 6.07. The number of pyridine rings is 1. The summed E-state index contributed by atoms with van der Waals surface area (Å²) >= 11 is 0. The van der Waals surface area contributed by atoms with Gasteiger partial charge >= 0.3 is 6.09 Å². The first-order valence-corrected chi connectivity index (χ1v) is 15.8. The standard InChI is InChI=1S/C33H51N5O4/c1-33(2,3)42-32(41)35-23-26-11-9-25(10-12-26)22-34-31(40)28-21-30(36-29-8-6-5-7-27(28)29)38-17-14-24(15-18-38)13-16-37(4)19-20-39/h5-8,21,24-26,39H,9-20,22-23H2,1-4H3,(H,34,40)(H,35,41). The first-order valence-electron chi connectivity index (χ1n) is 15.8. The summed E-state index contributed by atoms with van der Waals surface area (Å²) in [4.78, 5) is 34.9. The van der Waals surface area contributed by atoms with Crippen LogP contribution in [0.25, 0.3) is 10.9 Å². The molecule has 1 saturated heterocycles. The summed E-state index contributed by atoms with van der Waals surface area (Å²) in [7, 11) is 2.06. The van der Waals surface area contributed by atoms with Crippen LogP contribution in [0.5, 0.6) is 0 Å². The molecule has 2 fully saturated rings. The fraction of sp³-hybridized carbons (Fsp3) is 0.667. The van der Waals surface area contributed by atoms with E-state index in [0.29, 0.717) is 36.4 Å². The van der Waals surface area contributed by atoms with Crippen molar-refractivity contribution in [3.05, 3.63) is 35.9 Å². The van der Waals surface area contributed by atoms with Gasteiger partial charge in [0.15, 0.2) is 0 Å². The van der Waals surface area contributed by atoms with Gasteiger partial charge in [-0.25, -0.2) is 9.78 Å². The average molecular weight is 582 g/mol. The second-order valence-electron chi connectivity index (χ2n) is 13.3. The van der Waals surface area contributed by atoms with Crippen molar-refractivity contribution in [2.45, 2.75) is 71.3 Å². The smallest absolute Gasteiger partial charge is 0.407 e. The molecule has 2 aromatic rings. The molecule has 0 atom stereocenters. The summed E-state index contributed by atoms with van der Waals surface area (Å²) in [5.41, 5.74) is 1.06. The van der Waals surface area contributed by atoms with Crippen molar-refractivity contribution in [2.75, 3.05) is 57.8 Å². The zero-order valence-electron chi connectivity index (χ0n) is 26.0. The molecule has 0 radical (unpaired) electrons. The third-order valence-electron chi connectivity index (χ3n) is 8.74. The summed E-state index contributed by atoms with van der Waals surface area (Å²) in [6.07, 6.45) is 7.15. The minimum absolute atomic E-state index is 0.0367. The van der Waals surface area contributed by atoms with E-state index in [2.05, 4.69) is 27.5 Å². The number of alkyl carbamates (subject to hydrolysis) is 1. The number of amides is 2. The Hall–Kier alpha value is -2.91. The van der Waals surface area contributed by atoms with E-state index in [1.54, 1.807) is 0 Å². The quantitative estimate of drug-likeness (QED) is 0.349. The van der Waals surface area contributed by atoms with Crippen LogP contribution >= 0.6 is 0 Å². The highest BCUT2D eigenvalue weighted by Crippen LogP contribution is 2.30. The molecule has 1 aliphatic heterocycles. The fourth-order valence-corrected chi connectivity index (χ4v) is 6.16. The van der Waals surface area contributed by atoms with Crippen LogP contribution in [0.15, 0.2) is 30.3 Å². The minimum Gasteiger partial charge on any atom is -0.444 e. The second-order valence-corrected chi connectivity index (χ2v) is 13.3. The number of nitrogens with zero attached hydrogens (tertiary/aromatic N) is 3. The maximum Gasteiger partial charge on any atom is 0.407 e. The van der Waals surface area contributed by atoms with Crippen molar-refractivity contribution in [1.29, 1.82) is 0 Å². The summed E-state index contributed by atoms with van der Waals surface area (Å²) in [6, 6.07) is 9.90. The van der Waals surface area contributed by atoms with Crippen LogP contribution in [-0.2, 0) is 4.74 Å². The Bertz CT molecular complexity index is 1170. The number of ether oxygens (including phenoxy) is 1. The van der Waals surface area contributed by atoms with Crippen molar-refractivity contribution in [1.82, 2.24) is 20.5 Å². The number of hydrogen-bond donors (Lipinski definition) is 3. The Kier molecular flexibility index (Phi) is 11.4.